The topological polar surface area (TPSA) is 67.4 Å². The summed E-state index contributed by atoms with van der Waals surface area (Å²) in [7, 11) is 0. The molecule has 0 unspecified atom stereocenters. The minimum absolute atomic E-state index is 0.162. The van der Waals surface area contributed by atoms with E-state index in [0.29, 0.717) is 0 Å². The molecule has 30 heavy (non-hydrogen) atoms. The fraction of sp³-hybridized carbons (Fsp3) is 0.176. The maximum Gasteiger partial charge on any atom is 0.470 e. The summed E-state index contributed by atoms with van der Waals surface area (Å²) in [5, 5.41) is 2.48. The Bertz CT molecular complexity index is 921. The summed E-state index contributed by atoms with van der Waals surface area (Å²) in [6.45, 7) is 0. The van der Waals surface area contributed by atoms with Crippen molar-refractivity contribution in [1.82, 2.24) is 5.32 Å². The van der Waals surface area contributed by atoms with Gasteiger partial charge in [-0.25, -0.2) is 13.6 Å². The molecular weight excluding hydrogens is 465 g/mol. The van der Waals surface area contributed by atoms with Crippen LogP contribution in [0, 0.1) is 0 Å². The van der Waals surface area contributed by atoms with Crippen LogP contribution in [-0.2, 0) is 0 Å². The van der Waals surface area contributed by atoms with Gasteiger partial charge in [-0.05, 0) is 24.3 Å². The zero-order chi connectivity index (χ0) is 22.7. The van der Waals surface area contributed by atoms with Crippen molar-refractivity contribution in [3.05, 3.63) is 58.1 Å². The van der Waals surface area contributed by atoms with Crippen LogP contribution in [0.1, 0.15) is 10.4 Å². The van der Waals surface area contributed by atoms with Crippen molar-refractivity contribution in [3.63, 3.8) is 0 Å². The van der Waals surface area contributed by atoms with Crippen molar-refractivity contribution >= 4 is 40.8 Å². The van der Waals surface area contributed by atoms with Gasteiger partial charge in [-0.15, -0.1) is 0 Å². The average molecular weight is 475 g/mol. The summed E-state index contributed by atoms with van der Waals surface area (Å²) >= 11 is 11.3. The van der Waals surface area contributed by atoms with Gasteiger partial charge in [-0.2, -0.15) is 17.6 Å². The van der Waals surface area contributed by atoms with Gasteiger partial charge in [0.05, 0.1) is 10.0 Å². The quantitative estimate of drug-likeness (QED) is 0.517. The van der Waals surface area contributed by atoms with Gasteiger partial charge in [0, 0.05) is 11.3 Å². The van der Waals surface area contributed by atoms with Crippen molar-refractivity contribution in [3.8, 4) is 5.75 Å². The lowest BCUT2D eigenvalue weighted by Crippen LogP contribution is -2.50. The SMILES string of the molecule is O=C(NC(=O)c1ccccc1)Nc1cc(Cl)c(OC(F)(F)C(F)(F)C(F)F)c(Cl)c1. The van der Waals surface area contributed by atoms with E-state index in [0.717, 1.165) is 12.1 Å². The summed E-state index contributed by atoms with van der Waals surface area (Å²) in [6, 6.07) is 8.09. The van der Waals surface area contributed by atoms with Crippen molar-refractivity contribution in [1.29, 1.82) is 0 Å². The number of rotatable bonds is 6. The largest absolute Gasteiger partial charge is 0.470 e. The summed E-state index contributed by atoms with van der Waals surface area (Å²) in [5.74, 6) is -7.80. The number of benzene rings is 2. The van der Waals surface area contributed by atoms with Crippen LogP contribution >= 0.6 is 23.2 Å². The standard InChI is InChI=1S/C17H10Cl2F6N2O3/c18-10-6-9(26-15(29)27-13(28)8-4-2-1-3-5-8)7-11(19)12(10)30-17(24,25)16(22,23)14(20)21/h1-7,14H,(H2,26,27,28,29). The molecular formula is C17H10Cl2F6N2O3. The first-order chi connectivity index (χ1) is 13.8. The monoisotopic (exact) mass is 474 g/mol. The minimum atomic E-state index is -5.83. The van der Waals surface area contributed by atoms with E-state index in [1.54, 1.807) is 18.2 Å². The lowest BCUT2D eigenvalue weighted by atomic mass is 10.2. The highest BCUT2D eigenvalue weighted by Crippen LogP contribution is 2.45. The number of anilines is 1. The lowest BCUT2D eigenvalue weighted by molar-refractivity contribution is -0.342. The Morgan fingerprint density at radius 3 is 2.00 bits per heavy atom. The number of urea groups is 1. The first-order valence-electron chi connectivity index (χ1n) is 7.74. The highest BCUT2D eigenvalue weighted by Gasteiger charge is 2.66. The van der Waals surface area contributed by atoms with E-state index >= 15 is 0 Å². The van der Waals surface area contributed by atoms with E-state index in [1.807, 2.05) is 5.32 Å². The smallest absolute Gasteiger partial charge is 0.425 e. The molecule has 0 spiro atoms. The second-order valence-corrected chi connectivity index (χ2v) is 6.40. The Morgan fingerprint density at radius 1 is 0.967 bits per heavy atom. The van der Waals surface area contributed by atoms with Gasteiger partial charge in [0.1, 0.15) is 0 Å². The number of carbonyl (C=O) groups excluding carboxylic acids is 2. The predicted octanol–water partition coefficient (Wildman–Crippen LogP) is 5.83. The Labute approximate surface area is 174 Å². The number of imide groups is 1. The van der Waals surface area contributed by atoms with Crippen LogP contribution in [0.15, 0.2) is 42.5 Å². The molecule has 0 radical (unpaired) electrons. The number of carbonyl (C=O) groups is 2. The second-order valence-electron chi connectivity index (χ2n) is 5.59. The number of ether oxygens (including phenoxy) is 1. The minimum Gasteiger partial charge on any atom is -0.425 e. The van der Waals surface area contributed by atoms with E-state index < -0.39 is 46.2 Å². The summed E-state index contributed by atoms with van der Waals surface area (Å²) in [5.41, 5.74) is -0.0747. The number of hydrogen-bond donors (Lipinski definition) is 2. The first kappa shape index (κ1) is 23.6. The molecule has 0 heterocycles. The number of hydrogen-bond acceptors (Lipinski definition) is 3. The third-order valence-electron chi connectivity index (χ3n) is 3.41. The second kappa shape index (κ2) is 9.00. The van der Waals surface area contributed by atoms with E-state index in [-0.39, 0.29) is 11.3 Å². The van der Waals surface area contributed by atoms with Crippen molar-refractivity contribution < 1.29 is 40.7 Å². The molecule has 0 aromatic heterocycles. The number of alkyl halides is 6. The van der Waals surface area contributed by atoms with Crippen LogP contribution in [0.25, 0.3) is 0 Å². The van der Waals surface area contributed by atoms with Crippen LogP contribution in [0.3, 0.4) is 0 Å². The maximum absolute atomic E-state index is 13.4. The van der Waals surface area contributed by atoms with Crippen LogP contribution in [0.4, 0.5) is 36.8 Å². The molecule has 2 rings (SSSR count). The fourth-order valence-electron chi connectivity index (χ4n) is 1.98. The highest BCUT2D eigenvalue weighted by atomic mass is 35.5. The molecule has 0 saturated carbocycles. The molecule has 0 aliphatic carbocycles. The molecule has 162 valence electrons. The third kappa shape index (κ3) is 5.28. The molecule has 0 aliphatic heterocycles. The lowest BCUT2D eigenvalue weighted by Gasteiger charge is -2.26. The van der Waals surface area contributed by atoms with Gasteiger partial charge >= 0.3 is 24.5 Å². The van der Waals surface area contributed by atoms with Crippen LogP contribution in [0.5, 0.6) is 5.75 Å². The zero-order valence-electron chi connectivity index (χ0n) is 14.4. The molecule has 2 N–H and O–H groups in total. The van der Waals surface area contributed by atoms with E-state index in [1.165, 1.54) is 12.1 Å². The van der Waals surface area contributed by atoms with E-state index in [2.05, 4.69) is 10.1 Å². The first-order valence-corrected chi connectivity index (χ1v) is 8.50. The molecule has 0 saturated heterocycles. The van der Waals surface area contributed by atoms with E-state index in [9.17, 15) is 35.9 Å². The molecule has 0 atom stereocenters. The van der Waals surface area contributed by atoms with Crippen molar-refractivity contribution in [2.45, 2.75) is 18.5 Å². The normalized spacial score (nSPS) is 11.9. The molecule has 2 aromatic rings. The summed E-state index contributed by atoms with van der Waals surface area (Å²) in [4.78, 5) is 23.8. The third-order valence-corrected chi connectivity index (χ3v) is 3.97. The van der Waals surface area contributed by atoms with E-state index in [4.69, 9.17) is 23.2 Å². The number of halogens is 8. The van der Waals surface area contributed by atoms with Gasteiger partial charge in [0.15, 0.2) is 5.75 Å². The molecule has 0 aliphatic rings. The average Bonchev–Trinajstić information content (AvgIpc) is 2.65. The van der Waals surface area contributed by atoms with Gasteiger partial charge in [-0.3, -0.25) is 10.1 Å². The highest BCUT2D eigenvalue weighted by molar-refractivity contribution is 6.37. The molecule has 5 nitrogen and oxygen atoms in total. The maximum atomic E-state index is 13.4. The van der Waals surface area contributed by atoms with Gasteiger partial charge in [0.25, 0.3) is 5.91 Å². The molecule has 3 amide bonds. The van der Waals surface area contributed by atoms with Gasteiger partial charge in [-0.1, -0.05) is 41.4 Å². The Hall–Kier alpha value is -2.66. The van der Waals surface area contributed by atoms with Crippen molar-refractivity contribution in [2.24, 2.45) is 0 Å². The fourth-order valence-corrected chi connectivity index (χ4v) is 2.54. The number of amides is 3. The molecule has 2 aromatic carbocycles. The summed E-state index contributed by atoms with van der Waals surface area (Å²) < 4.78 is 80.8. The Kier molecular flexibility index (Phi) is 7.09. The molecule has 0 bridgehead atoms. The Balaban J connectivity index is 2.14. The predicted molar refractivity (Wildman–Crippen MR) is 95.9 cm³/mol. The van der Waals surface area contributed by atoms with Crippen LogP contribution < -0.4 is 15.4 Å². The van der Waals surface area contributed by atoms with Crippen LogP contribution in [0.2, 0.25) is 10.0 Å². The summed E-state index contributed by atoms with van der Waals surface area (Å²) in [6.07, 6.45) is -10.4. The molecule has 13 heteroatoms. The molecule has 0 fully saturated rings. The van der Waals surface area contributed by atoms with Crippen molar-refractivity contribution in [2.75, 3.05) is 5.32 Å². The van der Waals surface area contributed by atoms with Gasteiger partial charge < -0.3 is 10.1 Å². The van der Waals surface area contributed by atoms with Gasteiger partial charge in [0.2, 0.25) is 0 Å². The zero-order valence-corrected chi connectivity index (χ0v) is 15.9. The van der Waals surface area contributed by atoms with Crippen LogP contribution in [-0.4, -0.2) is 30.4 Å². The Morgan fingerprint density at radius 2 is 1.50 bits per heavy atom. The number of nitrogens with one attached hydrogen (secondary N) is 2.